The fourth-order valence-corrected chi connectivity index (χ4v) is 6.67. The monoisotopic (exact) mass is 612 g/mol. The molecule has 3 aromatic carbocycles. The summed E-state index contributed by atoms with van der Waals surface area (Å²) < 4.78 is 19.2. The van der Waals surface area contributed by atoms with Gasteiger partial charge in [0.05, 0.1) is 0 Å². The molecule has 1 spiro atoms. The molecule has 1 aliphatic heterocycles. The molecule has 0 fully saturated rings. The lowest BCUT2D eigenvalue weighted by atomic mass is 9.76. The Hall–Kier alpha value is -2.51. The van der Waals surface area contributed by atoms with Crippen molar-refractivity contribution in [3.05, 3.63) is 104 Å². The molecular formula is C32H30Cl2O4S2. The van der Waals surface area contributed by atoms with Crippen LogP contribution in [-0.2, 0) is 16.0 Å². The van der Waals surface area contributed by atoms with E-state index >= 15 is 0 Å². The van der Waals surface area contributed by atoms with Crippen LogP contribution in [0.1, 0.15) is 37.0 Å². The van der Waals surface area contributed by atoms with Crippen molar-refractivity contribution in [1.29, 1.82) is 0 Å². The number of thioether (sulfide) groups is 2. The minimum atomic E-state index is -1.13. The highest BCUT2D eigenvalue weighted by molar-refractivity contribution is 7.99. The first-order valence-electron chi connectivity index (χ1n) is 13.0. The van der Waals surface area contributed by atoms with E-state index in [1.54, 1.807) is 11.8 Å². The van der Waals surface area contributed by atoms with Gasteiger partial charge in [-0.05, 0) is 105 Å². The molecule has 1 unspecified atom stereocenters. The summed E-state index contributed by atoms with van der Waals surface area (Å²) in [7, 11) is 0. The van der Waals surface area contributed by atoms with Gasteiger partial charge in [-0.15, -0.1) is 0 Å². The highest BCUT2D eigenvalue weighted by Gasteiger charge is 2.50. The van der Waals surface area contributed by atoms with Gasteiger partial charge in [0.1, 0.15) is 11.9 Å². The lowest BCUT2D eigenvalue weighted by Crippen LogP contribution is -2.51. The molecule has 0 N–H and O–H groups in total. The van der Waals surface area contributed by atoms with Crippen LogP contribution in [-0.4, -0.2) is 23.3 Å². The van der Waals surface area contributed by atoms with Gasteiger partial charge < -0.3 is 14.2 Å². The van der Waals surface area contributed by atoms with Gasteiger partial charge in [0, 0.05) is 31.8 Å². The molecule has 5 rings (SSSR count). The van der Waals surface area contributed by atoms with E-state index < -0.39 is 5.60 Å². The summed E-state index contributed by atoms with van der Waals surface area (Å²) in [6.07, 6.45) is 3.24. The third kappa shape index (κ3) is 5.91. The van der Waals surface area contributed by atoms with Crippen molar-refractivity contribution in [2.75, 3.05) is 11.9 Å². The Balaban J connectivity index is 1.37. The maximum Gasteiger partial charge on any atom is 0.245 e. The number of halogens is 2. The number of ketones is 1. The number of Topliss-reactive ketones (excluding diaryl/α,β-unsaturated/α-hetero) is 1. The van der Waals surface area contributed by atoms with Crippen molar-refractivity contribution >= 4 is 52.5 Å². The Bertz CT molecular complexity index is 1500. The summed E-state index contributed by atoms with van der Waals surface area (Å²) in [6, 6.07) is 17.3. The molecule has 0 radical (unpaired) electrons. The van der Waals surface area contributed by atoms with Gasteiger partial charge in [-0.1, -0.05) is 58.9 Å². The number of benzene rings is 3. The lowest BCUT2D eigenvalue weighted by Gasteiger charge is -2.41. The molecular weight excluding hydrogens is 583 g/mol. The van der Waals surface area contributed by atoms with Gasteiger partial charge in [-0.25, -0.2) is 0 Å². The van der Waals surface area contributed by atoms with Crippen molar-refractivity contribution < 1.29 is 19.0 Å². The number of carbonyl (C=O) groups is 1. The van der Waals surface area contributed by atoms with Crippen molar-refractivity contribution in [3.8, 4) is 11.5 Å². The van der Waals surface area contributed by atoms with Gasteiger partial charge in [-0.3, -0.25) is 4.79 Å². The summed E-state index contributed by atoms with van der Waals surface area (Å²) in [5, 5.41) is 1.38. The largest absolute Gasteiger partial charge is 0.478 e. The Morgan fingerprint density at radius 2 is 1.43 bits per heavy atom. The molecule has 0 saturated heterocycles. The first-order chi connectivity index (χ1) is 19.2. The van der Waals surface area contributed by atoms with E-state index in [0.29, 0.717) is 52.0 Å². The van der Waals surface area contributed by atoms with Gasteiger partial charge in [0.15, 0.2) is 22.9 Å². The van der Waals surface area contributed by atoms with Crippen molar-refractivity contribution in [2.45, 2.75) is 55.9 Å². The zero-order chi connectivity index (χ0) is 28.4. The number of aryl methyl sites for hydroxylation is 2. The second kappa shape index (κ2) is 12.2. The number of ether oxygens (including phenoxy) is 3. The Kier molecular flexibility index (Phi) is 8.81. The van der Waals surface area contributed by atoms with Crippen LogP contribution < -0.4 is 9.47 Å². The summed E-state index contributed by atoms with van der Waals surface area (Å²) in [5.41, 5.74) is 3.73. The van der Waals surface area contributed by atoms with Gasteiger partial charge in [0.2, 0.25) is 5.78 Å². The molecule has 1 aliphatic carbocycles. The first kappa shape index (κ1) is 29.0. The van der Waals surface area contributed by atoms with E-state index in [1.165, 1.54) is 11.8 Å². The van der Waals surface area contributed by atoms with Gasteiger partial charge in [-0.2, -0.15) is 0 Å². The highest BCUT2D eigenvalue weighted by Crippen LogP contribution is 2.48. The normalized spacial score (nSPS) is 18.4. The zero-order valence-electron chi connectivity index (χ0n) is 22.8. The second-order valence-electron chi connectivity index (χ2n) is 9.97. The number of rotatable bonds is 8. The third-order valence-corrected chi connectivity index (χ3v) is 9.42. The topological polar surface area (TPSA) is 44.8 Å². The van der Waals surface area contributed by atoms with Crippen molar-refractivity contribution in [3.63, 3.8) is 0 Å². The molecule has 0 bridgehead atoms. The summed E-state index contributed by atoms with van der Waals surface area (Å²) >= 11 is 15.1. The molecule has 208 valence electrons. The summed E-state index contributed by atoms with van der Waals surface area (Å²) in [6.45, 7) is 7.96. The maximum atomic E-state index is 14.1. The average Bonchev–Trinajstić information content (AvgIpc) is 2.93. The predicted molar refractivity (Wildman–Crippen MR) is 165 cm³/mol. The molecule has 0 amide bonds. The smallest absolute Gasteiger partial charge is 0.245 e. The van der Waals surface area contributed by atoms with E-state index in [9.17, 15) is 4.79 Å². The first-order valence-corrected chi connectivity index (χ1v) is 15.7. The van der Waals surface area contributed by atoms with Crippen LogP contribution in [0.25, 0.3) is 0 Å². The number of fused-ring (bicyclic) bond motifs is 1. The Labute approximate surface area is 254 Å². The lowest BCUT2D eigenvalue weighted by molar-refractivity contribution is -0.132. The quantitative estimate of drug-likeness (QED) is 0.186. The number of allylic oxidation sites excluding steroid dienone is 2. The summed E-state index contributed by atoms with van der Waals surface area (Å²) in [4.78, 5) is 16.2. The van der Waals surface area contributed by atoms with Gasteiger partial charge in [0.25, 0.3) is 0 Å². The third-order valence-electron chi connectivity index (χ3n) is 7.24. The molecule has 1 heterocycles. The minimum Gasteiger partial charge on any atom is -0.478 e. The van der Waals surface area contributed by atoms with Crippen LogP contribution >= 0.6 is 46.7 Å². The molecule has 40 heavy (non-hydrogen) atoms. The van der Waals surface area contributed by atoms with E-state index in [-0.39, 0.29) is 5.78 Å². The van der Waals surface area contributed by atoms with Crippen LogP contribution in [0.5, 0.6) is 11.5 Å². The predicted octanol–water partition coefficient (Wildman–Crippen LogP) is 9.37. The SMILES string of the molecule is CC1=CC(C)=C(OCSc2ccc(Cl)cc2)C(=O)C12CCc1c(C)cc(C)c(OCSc3ccc(Cl)cc3)c1O2. The fourth-order valence-electron chi connectivity index (χ4n) is 5.14. The van der Waals surface area contributed by atoms with Crippen LogP contribution in [0.3, 0.4) is 0 Å². The molecule has 1 atom stereocenters. The van der Waals surface area contributed by atoms with E-state index in [4.69, 9.17) is 37.4 Å². The number of carbonyl (C=O) groups excluding carboxylic acids is 1. The van der Waals surface area contributed by atoms with Crippen molar-refractivity contribution in [1.82, 2.24) is 0 Å². The van der Waals surface area contributed by atoms with Crippen LogP contribution in [0.2, 0.25) is 10.0 Å². The van der Waals surface area contributed by atoms with Gasteiger partial charge >= 0.3 is 0 Å². The Morgan fingerprint density at radius 1 is 0.850 bits per heavy atom. The maximum absolute atomic E-state index is 14.1. The number of hydrogen-bond acceptors (Lipinski definition) is 6. The summed E-state index contributed by atoms with van der Waals surface area (Å²) in [5.74, 6) is 2.22. The van der Waals surface area contributed by atoms with E-state index in [1.807, 2.05) is 75.4 Å². The standard InChI is InChI=1S/C32H30Cl2O4S2/c1-19-15-20(2)28(36-17-39-25-9-5-23(33)6-10-25)30-27(19)13-14-32(38-30)22(4)16-21(3)29(31(32)35)37-18-40-26-11-7-24(34)8-12-26/h5-12,15-16H,13-14,17-18H2,1-4H3. The average molecular weight is 614 g/mol. The molecule has 2 aliphatic rings. The van der Waals surface area contributed by atoms with Crippen LogP contribution in [0, 0.1) is 13.8 Å². The molecule has 0 saturated carbocycles. The van der Waals surface area contributed by atoms with E-state index in [0.717, 1.165) is 37.6 Å². The molecule has 0 aromatic heterocycles. The van der Waals surface area contributed by atoms with E-state index in [2.05, 4.69) is 13.0 Å². The van der Waals surface area contributed by atoms with Crippen LogP contribution in [0.4, 0.5) is 0 Å². The second-order valence-corrected chi connectivity index (χ2v) is 12.8. The highest BCUT2D eigenvalue weighted by atomic mass is 35.5. The fraction of sp³-hybridized carbons (Fsp3) is 0.281. The zero-order valence-corrected chi connectivity index (χ0v) is 26.0. The Morgan fingerprint density at radius 3 is 2.02 bits per heavy atom. The number of hydrogen-bond donors (Lipinski definition) is 0. The molecule has 3 aromatic rings. The van der Waals surface area contributed by atoms with Crippen molar-refractivity contribution in [2.24, 2.45) is 0 Å². The van der Waals surface area contributed by atoms with Crippen LogP contribution in [0.15, 0.2) is 87.4 Å². The molecule has 4 nitrogen and oxygen atoms in total. The molecule has 8 heteroatoms. The minimum absolute atomic E-state index is 0.145.